The summed E-state index contributed by atoms with van der Waals surface area (Å²) in [5.74, 6) is 0.306. The highest BCUT2D eigenvalue weighted by molar-refractivity contribution is 5.77. The Hall–Kier alpha value is -0.530. The van der Waals surface area contributed by atoms with Crippen LogP contribution in [0.3, 0.4) is 0 Å². The number of carbonyl (C=O) groups is 1. The van der Waals surface area contributed by atoms with E-state index in [0.717, 1.165) is 25.8 Å². The average Bonchev–Trinajstić information content (AvgIpc) is 1.98. The second-order valence-corrected chi connectivity index (χ2v) is 3.91. The molecule has 0 saturated carbocycles. The van der Waals surface area contributed by atoms with Crippen LogP contribution in [0, 0.1) is 5.41 Å². The summed E-state index contributed by atoms with van der Waals surface area (Å²) in [6, 6.07) is 0. The zero-order valence-electron chi connectivity index (χ0n) is 7.68. The third-order valence-corrected chi connectivity index (χ3v) is 2.91. The first-order chi connectivity index (χ1) is 5.07. The quantitative estimate of drug-likeness (QED) is 0.564. The molecule has 64 valence electrons. The van der Waals surface area contributed by atoms with E-state index in [-0.39, 0.29) is 5.41 Å². The molecule has 1 atom stereocenters. The zero-order valence-corrected chi connectivity index (χ0v) is 7.68. The Morgan fingerprint density at radius 2 is 2.27 bits per heavy atom. The van der Waals surface area contributed by atoms with Crippen molar-refractivity contribution < 1.29 is 4.79 Å². The lowest BCUT2D eigenvalue weighted by Crippen LogP contribution is -2.40. The molecule has 11 heavy (non-hydrogen) atoms. The molecule has 2 heteroatoms. The summed E-state index contributed by atoms with van der Waals surface area (Å²) < 4.78 is 0. The molecule has 1 heterocycles. The summed E-state index contributed by atoms with van der Waals surface area (Å²) in [5.41, 5.74) is 0.281. The summed E-state index contributed by atoms with van der Waals surface area (Å²) >= 11 is 0. The van der Waals surface area contributed by atoms with Crippen LogP contribution in [-0.4, -0.2) is 24.4 Å². The van der Waals surface area contributed by atoms with E-state index in [1.807, 2.05) is 11.9 Å². The van der Waals surface area contributed by atoms with E-state index in [4.69, 9.17) is 0 Å². The van der Waals surface area contributed by atoms with Crippen molar-refractivity contribution in [3.8, 4) is 0 Å². The number of hydrogen-bond donors (Lipinski definition) is 0. The number of likely N-dealkylation sites (tertiary alicyclic amines) is 1. The number of rotatable bonds is 1. The van der Waals surface area contributed by atoms with Crippen molar-refractivity contribution in [1.82, 2.24) is 4.90 Å². The van der Waals surface area contributed by atoms with Gasteiger partial charge in [0.15, 0.2) is 0 Å². The monoisotopic (exact) mass is 155 g/mol. The molecule has 0 N–H and O–H groups in total. The van der Waals surface area contributed by atoms with Crippen LogP contribution in [0.2, 0.25) is 0 Å². The van der Waals surface area contributed by atoms with Gasteiger partial charge in [0.05, 0.1) is 0 Å². The number of amides is 1. The van der Waals surface area contributed by atoms with Crippen LogP contribution in [-0.2, 0) is 4.79 Å². The van der Waals surface area contributed by atoms with E-state index >= 15 is 0 Å². The molecule has 0 aromatic rings. The normalized spacial score (nSPS) is 32.6. The zero-order chi connectivity index (χ0) is 8.48. The smallest absolute Gasteiger partial charge is 0.222 e. The first-order valence-electron chi connectivity index (χ1n) is 4.31. The van der Waals surface area contributed by atoms with Crippen molar-refractivity contribution >= 4 is 5.91 Å². The van der Waals surface area contributed by atoms with E-state index in [0.29, 0.717) is 5.91 Å². The van der Waals surface area contributed by atoms with Gasteiger partial charge in [-0.15, -0.1) is 0 Å². The number of piperidine rings is 1. The van der Waals surface area contributed by atoms with Crippen molar-refractivity contribution in [2.45, 2.75) is 33.1 Å². The van der Waals surface area contributed by atoms with Gasteiger partial charge in [0.1, 0.15) is 0 Å². The minimum absolute atomic E-state index is 0.281. The molecule has 0 spiro atoms. The van der Waals surface area contributed by atoms with Crippen molar-refractivity contribution in [2.24, 2.45) is 5.41 Å². The Morgan fingerprint density at radius 3 is 2.73 bits per heavy atom. The fraction of sp³-hybridized carbons (Fsp3) is 0.889. The van der Waals surface area contributed by atoms with Crippen LogP contribution in [0.4, 0.5) is 0 Å². The van der Waals surface area contributed by atoms with Crippen LogP contribution in [0.5, 0.6) is 0 Å². The molecule has 0 bridgehead atoms. The number of nitrogens with zero attached hydrogens (tertiary/aromatic N) is 1. The molecule has 1 aliphatic heterocycles. The Labute approximate surface area is 68.6 Å². The maximum Gasteiger partial charge on any atom is 0.222 e. The molecule has 1 fully saturated rings. The first-order valence-corrected chi connectivity index (χ1v) is 4.31. The number of carbonyl (C=O) groups excluding carboxylic acids is 1. The van der Waals surface area contributed by atoms with Gasteiger partial charge >= 0.3 is 0 Å². The molecule has 1 unspecified atom stereocenters. The fourth-order valence-corrected chi connectivity index (χ4v) is 1.45. The summed E-state index contributed by atoms with van der Waals surface area (Å²) in [4.78, 5) is 13.1. The van der Waals surface area contributed by atoms with Crippen LogP contribution in [0.1, 0.15) is 33.1 Å². The van der Waals surface area contributed by atoms with Gasteiger partial charge in [-0.05, 0) is 11.8 Å². The average molecular weight is 155 g/mol. The van der Waals surface area contributed by atoms with E-state index in [1.54, 1.807) is 0 Å². The maximum atomic E-state index is 11.3. The van der Waals surface area contributed by atoms with Crippen LogP contribution < -0.4 is 0 Å². The van der Waals surface area contributed by atoms with Crippen molar-refractivity contribution in [2.75, 3.05) is 13.6 Å². The van der Waals surface area contributed by atoms with Gasteiger partial charge in [-0.25, -0.2) is 0 Å². The first kappa shape index (κ1) is 8.57. The minimum atomic E-state index is 0.281. The van der Waals surface area contributed by atoms with Gasteiger partial charge < -0.3 is 4.90 Å². The van der Waals surface area contributed by atoms with Crippen molar-refractivity contribution in [3.63, 3.8) is 0 Å². The Balaban J connectivity index is 2.59. The molecule has 1 saturated heterocycles. The van der Waals surface area contributed by atoms with E-state index < -0.39 is 0 Å². The van der Waals surface area contributed by atoms with Gasteiger partial charge in [-0.1, -0.05) is 20.3 Å². The second kappa shape index (κ2) is 2.84. The van der Waals surface area contributed by atoms with E-state index in [9.17, 15) is 4.79 Å². The topological polar surface area (TPSA) is 20.3 Å². The summed E-state index contributed by atoms with van der Waals surface area (Å²) in [7, 11) is 1.89. The largest absolute Gasteiger partial charge is 0.346 e. The summed E-state index contributed by atoms with van der Waals surface area (Å²) in [6.07, 6.45) is 3.01. The van der Waals surface area contributed by atoms with Crippen LogP contribution in [0.15, 0.2) is 0 Å². The van der Waals surface area contributed by atoms with Gasteiger partial charge in [-0.3, -0.25) is 4.79 Å². The Bertz CT molecular complexity index is 167. The standard InChI is InChI=1S/C9H17NO/c1-4-9(2)5-6-10(3)8(11)7-9/h4-7H2,1-3H3. The van der Waals surface area contributed by atoms with Crippen molar-refractivity contribution in [1.29, 1.82) is 0 Å². The van der Waals surface area contributed by atoms with Crippen molar-refractivity contribution in [3.05, 3.63) is 0 Å². The highest BCUT2D eigenvalue weighted by atomic mass is 16.2. The third kappa shape index (κ3) is 1.73. The molecule has 1 amide bonds. The highest BCUT2D eigenvalue weighted by Gasteiger charge is 2.31. The molecule has 2 nitrogen and oxygen atoms in total. The minimum Gasteiger partial charge on any atom is -0.346 e. The summed E-state index contributed by atoms with van der Waals surface area (Å²) in [6.45, 7) is 5.31. The molecular formula is C9H17NO. The highest BCUT2D eigenvalue weighted by Crippen LogP contribution is 2.33. The lowest BCUT2D eigenvalue weighted by molar-refractivity contribution is -0.136. The third-order valence-electron chi connectivity index (χ3n) is 2.91. The molecule has 1 aliphatic rings. The predicted molar refractivity (Wildman–Crippen MR) is 45.3 cm³/mol. The Morgan fingerprint density at radius 1 is 1.64 bits per heavy atom. The number of hydrogen-bond acceptors (Lipinski definition) is 1. The van der Waals surface area contributed by atoms with Crippen LogP contribution >= 0.6 is 0 Å². The SMILES string of the molecule is CCC1(C)CCN(C)C(=O)C1. The molecule has 1 rings (SSSR count). The predicted octanol–water partition coefficient (Wildman–Crippen LogP) is 1.65. The summed E-state index contributed by atoms with van der Waals surface area (Å²) in [5, 5.41) is 0. The van der Waals surface area contributed by atoms with Gasteiger partial charge in [-0.2, -0.15) is 0 Å². The molecule has 0 aromatic carbocycles. The molecule has 0 aromatic heterocycles. The van der Waals surface area contributed by atoms with E-state index in [2.05, 4.69) is 13.8 Å². The Kier molecular flexibility index (Phi) is 2.21. The van der Waals surface area contributed by atoms with Gasteiger partial charge in [0, 0.05) is 20.0 Å². The molecule has 0 radical (unpaired) electrons. The van der Waals surface area contributed by atoms with Gasteiger partial charge in [0.25, 0.3) is 0 Å². The fourth-order valence-electron chi connectivity index (χ4n) is 1.45. The van der Waals surface area contributed by atoms with Gasteiger partial charge in [0.2, 0.25) is 5.91 Å². The lowest BCUT2D eigenvalue weighted by Gasteiger charge is -2.36. The van der Waals surface area contributed by atoms with E-state index in [1.165, 1.54) is 0 Å². The molecular weight excluding hydrogens is 138 g/mol. The lowest BCUT2D eigenvalue weighted by atomic mass is 9.78. The second-order valence-electron chi connectivity index (χ2n) is 3.91. The van der Waals surface area contributed by atoms with Crippen LogP contribution in [0.25, 0.3) is 0 Å². The maximum absolute atomic E-state index is 11.3. The molecule has 0 aliphatic carbocycles.